The molecule has 0 radical (unpaired) electrons. The van der Waals surface area contributed by atoms with Crippen LogP contribution in [0.1, 0.15) is 0 Å². The van der Waals surface area contributed by atoms with Crippen LogP contribution in [0, 0.1) is 6.33 Å². The minimum absolute atomic E-state index is 1.12. The zero-order valence-electron chi connectivity index (χ0n) is 15.9. The summed E-state index contributed by atoms with van der Waals surface area (Å²) in [6.45, 7) is 0. The molecule has 0 saturated carbocycles. The Balaban J connectivity index is 1.84. The van der Waals surface area contributed by atoms with Crippen LogP contribution in [-0.2, 0) is 7.05 Å². The Labute approximate surface area is 167 Å². The summed E-state index contributed by atoms with van der Waals surface area (Å²) >= 11 is 0. The zero-order chi connectivity index (χ0) is 19.1. The smallest absolute Gasteiger partial charge is 0.244 e. The molecule has 0 amide bonds. The second-order valence-electron chi connectivity index (χ2n) is 7.72. The normalized spacial score (nSPS) is 12.3. The first kappa shape index (κ1) is 15.1. The number of hydrogen-bond donors (Lipinski definition) is 0. The van der Waals surface area contributed by atoms with Crippen LogP contribution in [0.25, 0.3) is 54.8 Å². The summed E-state index contributed by atoms with van der Waals surface area (Å²) in [5.74, 6) is 0. The second kappa shape index (κ2) is 5.15. The number of fused-ring (bicyclic) bond motifs is 8. The molecule has 0 bridgehead atoms. The highest BCUT2D eigenvalue weighted by molar-refractivity contribution is 6.29. The number of aromatic nitrogens is 3. The monoisotopic (exact) mass is 371 g/mol. The molecule has 0 aliphatic carbocycles. The summed E-state index contributed by atoms with van der Waals surface area (Å²) in [7, 11) is 2.10. The molecule has 7 rings (SSSR count). The Kier molecular flexibility index (Phi) is 2.68. The predicted molar refractivity (Wildman–Crippen MR) is 118 cm³/mol. The van der Waals surface area contributed by atoms with Gasteiger partial charge in [0.1, 0.15) is 0 Å². The minimum Gasteiger partial charge on any atom is -0.319 e. The third kappa shape index (κ3) is 1.76. The van der Waals surface area contributed by atoms with Crippen LogP contribution < -0.4 is 4.57 Å². The molecule has 3 nitrogen and oxygen atoms in total. The molecule has 0 unspecified atom stereocenters. The topological polar surface area (TPSA) is 13.2 Å². The van der Waals surface area contributed by atoms with Crippen molar-refractivity contribution >= 4 is 49.1 Å². The maximum absolute atomic E-state index is 3.53. The minimum atomic E-state index is 1.12. The van der Waals surface area contributed by atoms with Gasteiger partial charge in [0.05, 0.1) is 40.3 Å². The molecule has 0 atom stereocenters. The Hall–Kier alpha value is -3.85. The number of rotatable bonds is 1. The number of benzene rings is 4. The molecule has 0 fully saturated rings. The maximum atomic E-state index is 3.53. The summed E-state index contributed by atoms with van der Waals surface area (Å²) in [6, 6.07) is 30.3. The molecule has 136 valence electrons. The van der Waals surface area contributed by atoms with Crippen molar-refractivity contribution in [2.45, 2.75) is 0 Å². The van der Waals surface area contributed by atoms with Gasteiger partial charge in [0.15, 0.2) is 0 Å². The van der Waals surface area contributed by atoms with Gasteiger partial charge in [-0.25, -0.2) is 0 Å². The summed E-state index contributed by atoms with van der Waals surface area (Å²) in [5.41, 5.74) is 7.35. The summed E-state index contributed by atoms with van der Waals surface area (Å²) in [5, 5.41) is 5.18. The summed E-state index contributed by atoms with van der Waals surface area (Å²) in [4.78, 5) is 0. The fourth-order valence-electron chi connectivity index (χ4n) is 5.03. The average molecular weight is 371 g/mol. The fraction of sp³-hybridized carbons (Fsp3) is 0.0385. The largest absolute Gasteiger partial charge is 0.319 e. The van der Waals surface area contributed by atoms with Crippen LogP contribution in [0.4, 0.5) is 0 Å². The van der Waals surface area contributed by atoms with Gasteiger partial charge in [-0.1, -0.05) is 72.8 Å². The van der Waals surface area contributed by atoms with E-state index in [1.165, 1.54) is 49.1 Å². The van der Waals surface area contributed by atoms with Crippen LogP contribution in [0.3, 0.4) is 0 Å². The SMILES string of the molecule is C[n+]1[c-]n(-c2ccccc2)c2cc3c4ccccc4n4c5ccccc5c(c34)c21. The van der Waals surface area contributed by atoms with Crippen molar-refractivity contribution in [3.63, 3.8) is 0 Å². The van der Waals surface area contributed by atoms with Crippen molar-refractivity contribution in [3.8, 4) is 5.69 Å². The predicted octanol–water partition coefficient (Wildman–Crippen LogP) is 5.41. The molecule has 3 heteroatoms. The van der Waals surface area contributed by atoms with E-state index in [0.717, 1.165) is 5.69 Å². The van der Waals surface area contributed by atoms with E-state index in [1.807, 2.05) is 0 Å². The molecular formula is C26H17N3. The lowest BCUT2D eigenvalue weighted by atomic mass is 10.1. The Bertz CT molecular complexity index is 1700. The van der Waals surface area contributed by atoms with Crippen LogP contribution >= 0.6 is 0 Å². The molecule has 3 heterocycles. The molecule has 0 saturated heterocycles. The van der Waals surface area contributed by atoms with E-state index in [1.54, 1.807) is 0 Å². The van der Waals surface area contributed by atoms with E-state index in [4.69, 9.17) is 0 Å². The van der Waals surface area contributed by atoms with Gasteiger partial charge in [-0.3, -0.25) is 0 Å². The molecule has 0 N–H and O–H groups in total. The van der Waals surface area contributed by atoms with Crippen molar-refractivity contribution in [2.75, 3.05) is 0 Å². The number of aryl methyl sites for hydroxylation is 1. The van der Waals surface area contributed by atoms with Gasteiger partial charge < -0.3 is 13.5 Å². The van der Waals surface area contributed by atoms with E-state index in [9.17, 15) is 0 Å². The molecule has 0 aliphatic heterocycles. The molecule has 0 spiro atoms. The van der Waals surface area contributed by atoms with Crippen LogP contribution in [0.2, 0.25) is 0 Å². The molecule has 3 aromatic heterocycles. The number of hydrogen-bond acceptors (Lipinski definition) is 0. The van der Waals surface area contributed by atoms with Gasteiger partial charge in [-0.2, -0.15) is 0 Å². The number of imidazole rings is 1. The molecular weight excluding hydrogens is 354 g/mol. The van der Waals surface area contributed by atoms with Gasteiger partial charge in [-0.05, 0) is 12.1 Å². The van der Waals surface area contributed by atoms with Gasteiger partial charge in [0.2, 0.25) is 6.33 Å². The van der Waals surface area contributed by atoms with E-state index in [0.29, 0.717) is 0 Å². The standard InChI is InChI=1S/C26H17N3/c1-27-16-28(17-9-3-2-4-10-17)23-15-20-18-11-5-7-13-21(18)29-22-14-8-6-12-19(22)24(25(20)29)26(23)27/h2-15H,1H3. The van der Waals surface area contributed by atoms with E-state index < -0.39 is 0 Å². The Morgan fingerprint density at radius 3 is 2.14 bits per heavy atom. The zero-order valence-corrected chi connectivity index (χ0v) is 15.9. The van der Waals surface area contributed by atoms with E-state index >= 15 is 0 Å². The first-order chi connectivity index (χ1) is 14.3. The third-order valence-corrected chi connectivity index (χ3v) is 6.17. The van der Waals surface area contributed by atoms with Crippen molar-refractivity contribution < 1.29 is 4.57 Å². The highest BCUT2D eigenvalue weighted by Gasteiger charge is 2.21. The Morgan fingerprint density at radius 1 is 0.690 bits per heavy atom. The fourth-order valence-corrected chi connectivity index (χ4v) is 5.03. The van der Waals surface area contributed by atoms with Gasteiger partial charge in [0, 0.05) is 21.5 Å². The maximum Gasteiger partial charge on any atom is 0.244 e. The van der Waals surface area contributed by atoms with Crippen molar-refractivity contribution in [1.29, 1.82) is 0 Å². The van der Waals surface area contributed by atoms with Crippen LogP contribution in [-0.4, -0.2) is 8.97 Å². The van der Waals surface area contributed by atoms with Gasteiger partial charge >= 0.3 is 0 Å². The number of para-hydroxylation sites is 3. The van der Waals surface area contributed by atoms with Crippen LogP contribution in [0.15, 0.2) is 84.9 Å². The van der Waals surface area contributed by atoms with Crippen molar-refractivity contribution in [2.24, 2.45) is 7.05 Å². The lowest BCUT2D eigenvalue weighted by molar-refractivity contribution is -0.648. The molecule has 29 heavy (non-hydrogen) atoms. The molecule has 4 aromatic carbocycles. The van der Waals surface area contributed by atoms with Crippen molar-refractivity contribution in [3.05, 3.63) is 91.3 Å². The highest BCUT2D eigenvalue weighted by atomic mass is 15.1. The average Bonchev–Trinajstić information content (AvgIpc) is 3.40. The van der Waals surface area contributed by atoms with Gasteiger partial charge in [-0.15, -0.1) is 0 Å². The molecule has 7 aromatic rings. The van der Waals surface area contributed by atoms with E-state index in [-0.39, 0.29) is 0 Å². The van der Waals surface area contributed by atoms with Gasteiger partial charge in [0.25, 0.3) is 0 Å². The highest BCUT2D eigenvalue weighted by Crippen LogP contribution is 2.42. The molecule has 0 aliphatic rings. The first-order valence-electron chi connectivity index (χ1n) is 9.88. The third-order valence-electron chi connectivity index (χ3n) is 6.17. The first-order valence-corrected chi connectivity index (χ1v) is 9.88. The number of nitrogens with zero attached hydrogens (tertiary/aromatic N) is 3. The second-order valence-corrected chi connectivity index (χ2v) is 7.72. The van der Waals surface area contributed by atoms with Crippen molar-refractivity contribution in [1.82, 2.24) is 8.97 Å². The van der Waals surface area contributed by atoms with E-state index in [2.05, 4.69) is 112 Å². The lowest BCUT2D eigenvalue weighted by Gasteiger charge is -2.06. The summed E-state index contributed by atoms with van der Waals surface area (Å²) < 4.78 is 6.74. The Morgan fingerprint density at radius 2 is 1.34 bits per heavy atom. The quantitative estimate of drug-likeness (QED) is 0.271. The lowest BCUT2D eigenvalue weighted by Crippen LogP contribution is -2.26. The van der Waals surface area contributed by atoms with Crippen LogP contribution in [0.5, 0.6) is 0 Å². The summed E-state index contributed by atoms with van der Waals surface area (Å²) in [6.07, 6.45) is 3.53.